The fourth-order valence-corrected chi connectivity index (χ4v) is 3.43. The Bertz CT molecular complexity index is 476. The molecule has 2 aliphatic rings. The van der Waals surface area contributed by atoms with Gasteiger partial charge in [-0.05, 0) is 36.5 Å². The molecule has 23 heavy (non-hydrogen) atoms. The number of rotatable bonds is 8. The van der Waals surface area contributed by atoms with Crippen LogP contribution in [0.5, 0.6) is 5.75 Å². The normalized spacial score (nSPS) is 20.9. The van der Waals surface area contributed by atoms with Gasteiger partial charge in [-0.25, -0.2) is 0 Å². The molecule has 1 saturated carbocycles. The van der Waals surface area contributed by atoms with Gasteiger partial charge in [-0.2, -0.15) is 0 Å². The van der Waals surface area contributed by atoms with Crippen molar-refractivity contribution in [3.8, 4) is 5.75 Å². The molecule has 0 spiro atoms. The third-order valence-corrected chi connectivity index (χ3v) is 5.09. The van der Waals surface area contributed by atoms with Crippen LogP contribution in [-0.2, 0) is 11.3 Å². The first kappa shape index (κ1) is 16.7. The van der Waals surface area contributed by atoms with Gasteiger partial charge in [0, 0.05) is 13.1 Å². The van der Waals surface area contributed by atoms with Crippen LogP contribution in [0.1, 0.15) is 37.7 Å². The highest BCUT2D eigenvalue weighted by Gasteiger charge is 2.37. The Morgan fingerprint density at radius 3 is 2.74 bits per heavy atom. The minimum absolute atomic E-state index is 0.0743. The lowest BCUT2D eigenvalue weighted by molar-refractivity contribution is -0.134. The van der Waals surface area contributed by atoms with E-state index >= 15 is 0 Å². The van der Waals surface area contributed by atoms with Crippen molar-refractivity contribution in [2.24, 2.45) is 11.3 Å². The number of hydrogen-bond acceptors (Lipinski definition) is 4. The van der Waals surface area contributed by atoms with Gasteiger partial charge >= 0.3 is 0 Å². The summed E-state index contributed by atoms with van der Waals surface area (Å²) in [5.74, 6) is 1.70. The standard InChI is InChI=1S/C19H29NO3/c21-13-19(14-22-15-19)12-20-10-17-7-4-8-18(9-17)23-11-16-5-2-1-3-6-16/h4,7-9,16,20-21H,1-3,5-6,10-15H2. The van der Waals surface area contributed by atoms with Gasteiger partial charge in [-0.3, -0.25) is 0 Å². The predicted octanol–water partition coefficient (Wildman–Crippen LogP) is 2.74. The zero-order valence-corrected chi connectivity index (χ0v) is 13.9. The predicted molar refractivity (Wildman–Crippen MR) is 90.6 cm³/mol. The fraction of sp³-hybridized carbons (Fsp3) is 0.684. The van der Waals surface area contributed by atoms with Crippen LogP contribution in [0.3, 0.4) is 0 Å². The number of nitrogens with one attached hydrogen (secondary N) is 1. The zero-order valence-electron chi connectivity index (χ0n) is 13.9. The van der Waals surface area contributed by atoms with Crippen molar-refractivity contribution < 1.29 is 14.6 Å². The molecule has 0 bridgehead atoms. The van der Waals surface area contributed by atoms with Crippen LogP contribution in [0.15, 0.2) is 24.3 Å². The van der Waals surface area contributed by atoms with E-state index in [0.29, 0.717) is 13.2 Å². The summed E-state index contributed by atoms with van der Waals surface area (Å²) >= 11 is 0. The minimum atomic E-state index is -0.0743. The Balaban J connectivity index is 1.43. The van der Waals surface area contributed by atoms with Crippen molar-refractivity contribution in [2.75, 3.05) is 33.0 Å². The van der Waals surface area contributed by atoms with Gasteiger partial charge in [0.05, 0.1) is 31.8 Å². The van der Waals surface area contributed by atoms with Crippen LogP contribution in [0.4, 0.5) is 0 Å². The summed E-state index contributed by atoms with van der Waals surface area (Å²) in [6.45, 7) is 3.92. The smallest absolute Gasteiger partial charge is 0.119 e. The molecule has 1 aliphatic carbocycles. The van der Waals surface area contributed by atoms with Crippen molar-refractivity contribution in [2.45, 2.75) is 38.6 Å². The highest BCUT2D eigenvalue weighted by Crippen LogP contribution is 2.26. The van der Waals surface area contributed by atoms with Crippen LogP contribution in [0, 0.1) is 11.3 Å². The Hall–Kier alpha value is -1.10. The first-order valence-corrected chi connectivity index (χ1v) is 8.91. The summed E-state index contributed by atoms with van der Waals surface area (Å²) in [7, 11) is 0. The second kappa shape index (κ2) is 8.13. The lowest BCUT2D eigenvalue weighted by Gasteiger charge is -2.40. The molecule has 3 rings (SSSR count). The Labute approximate surface area is 139 Å². The molecule has 0 unspecified atom stereocenters. The lowest BCUT2D eigenvalue weighted by atomic mass is 9.87. The molecule has 4 nitrogen and oxygen atoms in total. The molecule has 0 atom stereocenters. The van der Waals surface area contributed by atoms with Crippen molar-refractivity contribution in [1.82, 2.24) is 5.32 Å². The quantitative estimate of drug-likeness (QED) is 0.773. The van der Waals surface area contributed by atoms with Gasteiger partial charge in [0.15, 0.2) is 0 Å². The molecule has 1 heterocycles. The number of aliphatic hydroxyl groups is 1. The minimum Gasteiger partial charge on any atom is -0.493 e. The molecule has 128 valence electrons. The van der Waals surface area contributed by atoms with Gasteiger partial charge in [0.25, 0.3) is 0 Å². The molecular formula is C19H29NO3. The van der Waals surface area contributed by atoms with Gasteiger partial charge in [0.1, 0.15) is 5.75 Å². The summed E-state index contributed by atoms with van der Waals surface area (Å²) in [5.41, 5.74) is 1.15. The van der Waals surface area contributed by atoms with Crippen LogP contribution < -0.4 is 10.1 Å². The fourth-order valence-electron chi connectivity index (χ4n) is 3.43. The van der Waals surface area contributed by atoms with E-state index in [0.717, 1.165) is 31.4 Å². The molecule has 2 fully saturated rings. The summed E-state index contributed by atoms with van der Waals surface area (Å²) in [4.78, 5) is 0. The Morgan fingerprint density at radius 2 is 2.04 bits per heavy atom. The number of hydrogen-bond donors (Lipinski definition) is 2. The van der Waals surface area contributed by atoms with E-state index in [2.05, 4.69) is 23.5 Å². The van der Waals surface area contributed by atoms with Crippen molar-refractivity contribution in [3.05, 3.63) is 29.8 Å². The molecular weight excluding hydrogens is 290 g/mol. The maximum atomic E-state index is 9.43. The second-order valence-corrected chi connectivity index (χ2v) is 7.22. The molecule has 1 aromatic rings. The molecule has 1 aromatic carbocycles. The van der Waals surface area contributed by atoms with Crippen LogP contribution >= 0.6 is 0 Å². The maximum absolute atomic E-state index is 9.43. The zero-order chi connectivity index (χ0) is 16.0. The molecule has 0 amide bonds. The molecule has 1 saturated heterocycles. The highest BCUT2D eigenvalue weighted by molar-refractivity contribution is 5.28. The van der Waals surface area contributed by atoms with Gasteiger partial charge in [-0.15, -0.1) is 0 Å². The summed E-state index contributed by atoms with van der Waals surface area (Å²) in [6, 6.07) is 8.34. The number of aliphatic hydroxyl groups excluding tert-OH is 1. The molecule has 2 N–H and O–H groups in total. The van der Waals surface area contributed by atoms with E-state index in [-0.39, 0.29) is 12.0 Å². The third kappa shape index (κ3) is 4.69. The third-order valence-electron chi connectivity index (χ3n) is 5.09. The molecule has 0 aromatic heterocycles. The van der Waals surface area contributed by atoms with Crippen molar-refractivity contribution in [1.29, 1.82) is 0 Å². The van der Waals surface area contributed by atoms with Gasteiger partial charge < -0.3 is 19.9 Å². The van der Waals surface area contributed by atoms with E-state index in [9.17, 15) is 5.11 Å². The lowest BCUT2D eigenvalue weighted by Crippen LogP contribution is -2.52. The van der Waals surface area contributed by atoms with E-state index < -0.39 is 0 Å². The van der Waals surface area contributed by atoms with E-state index in [1.54, 1.807) is 0 Å². The van der Waals surface area contributed by atoms with E-state index in [1.807, 2.05) is 6.07 Å². The topological polar surface area (TPSA) is 50.7 Å². The largest absolute Gasteiger partial charge is 0.493 e. The first-order chi connectivity index (χ1) is 11.3. The molecule has 4 heteroatoms. The SMILES string of the molecule is OCC1(CNCc2cccc(OCC3CCCCC3)c2)COC1. The van der Waals surface area contributed by atoms with Crippen molar-refractivity contribution in [3.63, 3.8) is 0 Å². The maximum Gasteiger partial charge on any atom is 0.119 e. The van der Waals surface area contributed by atoms with Crippen LogP contribution in [-0.4, -0.2) is 38.1 Å². The summed E-state index contributed by atoms with van der Waals surface area (Å²) < 4.78 is 11.2. The molecule has 0 radical (unpaired) electrons. The first-order valence-electron chi connectivity index (χ1n) is 8.91. The van der Waals surface area contributed by atoms with Crippen LogP contribution in [0.25, 0.3) is 0 Å². The molecule has 1 aliphatic heterocycles. The summed E-state index contributed by atoms with van der Waals surface area (Å²) in [6.07, 6.45) is 6.72. The number of ether oxygens (including phenoxy) is 2. The Morgan fingerprint density at radius 1 is 1.22 bits per heavy atom. The average molecular weight is 319 g/mol. The highest BCUT2D eigenvalue weighted by atomic mass is 16.5. The van der Waals surface area contributed by atoms with Crippen molar-refractivity contribution >= 4 is 0 Å². The van der Waals surface area contributed by atoms with E-state index in [1.165, 1.54) is 37.7 Å². The number of benzene rings is 1. The average Bonchev–Trinajstić information content (AvgIpc) is 2.57. The summed E-state index contributed by atoms with van der Waals surface area (Å²) in [5, 5.41) is 12.9. The van der Waals surface area contributed by atoms with E-state index in [4.69, 9.17) is 9.47 Å². The monoisotopic (exact) mass is 319 g/mol. The van der Waals surface area contributed by atoms with Gasteiger partial charge in [0.2, 0.25) is 0 Å². The van der Waals surface area contributed by atoms with Crippen LogP contribution in [0.2, 0.25) is 0 Å². The second-order valence-electron chi connectivity index (χ2n) is 7.22. The van der Waals surface area contributed by atoms with Gasteiger partial charge in [-0.1, -0.05) is 31.4 Å². The Kier molecular flexibility index (Phi) is 5.92.